The van der Waals surface area contributed by atoms with Crippen LogP contribution in [0.15, 0.2) is 24.3 Å². The molecule has 0 saturated carbocycles. The minimum Gasteiger partial charge on any atom is -0.322 e. The van der Waals surface area contributed by atoms with Crippen molar-refractivity contribution in [2.24, 2.45) is 7.05 Å². The van der Waals surface area contributed by atoms with E-state index in [0.29, 0.717) is 11.4 Å². The molecule has 0 unspecified atom stereocenters. The van der Waals surface area contributed by atoms with E-state index >= 15 is 0 Å². The molecule has 96 valence electrons. The van der Waals surface area contributed by atoms with Crippen molar-refractivity contribution in [1.29, 1.82) is 0 Å². The maximum absolute atomic E-state index is 12.4. The zero-order valence-corrected chi connectivity index (χ0v) is 13.4. The van der Waals surface area contributed by atoms with E-state index in [9.17, 15) is 13.2 Å². The van der Waals surface area contributed by atoms with E-state index in [0.717, 1.165) is 19.5 Å². The molecule has 0 aliphatic rings. The maximum atomic E-state index is 12.4. The van der Waals surface area contributed by atoms with Crippen LogP contribution in [0.5, 0.6) is 0 Å². The van der Waals surface area contributed by atoms with E-state index in [1.807, 2.05) is 11.6 Å². The van der Waals surface area contributed by atoms with Crippen molar-refractivity contribution in [3.8, 4) is 11.4 Å². The van der Waals surface area contributed by atoms with Crippen molar-refractivity contribution >= 4 is 45.2 Å². The van der Waals surface area contributed by atoms with Crippen molar-refractivity contribution in [1.82, 2.24) is 9.55 Å². The fourth-order valence-corrected chi connectivity index (χ4v) is 2.45. The number of halogens is 5. The molecule has 0 saturated heterocycles. The monoisotopic (exact) mass is 478 g/mol. The van der Waals surface area contributed by atoms with Gasteiger partial charge in [-0.25, -0.2) is 4.98 Å². The van der Waals surface area contributed by atoms with Gasteiger partial charge >= 0.3 is 6.18 Å². The predicted octanol–water partition coefficient (Wildman–Crippen LogP) is 4.32. The molecule has 0 N–H and O–H groups in total. The van der Waals surface area contributed by atoms with Crippen molar-refractivity contribution in [3.63, 3.8) is 0 Å². The Morgan fingerprint density at radius 1 is 1.11 bits per heavy atom. The van der Waals surface area contributed by atoms with Gasteiger partial charge in [0.2, 0.25) is 0 Å². The molecule has 2 nitrogen and oxygen atoms in total. The first-order valence-electron chi connectivity index (χ1n) is 4.86. The predicted molar refractivity (Wildman–Crippen MR) is 79.1 cm³/mol. The summed E-state index contributed by atoms with van der Waals surface area (Å²) in [6, 6.07) is 5.03. The van der Waals surface area contributed by atoms with Crippen molar-refractivity contribution in [2.75, 3.05) is 0 Å². The van der Waals surface area contributed by atoms with Crippen LogP contribution in [0.4, 0.5) is 13.2 Å². The minimum absolute atomic E-state index is 0.648. The molecule has 18 heavy (non-hydrogen) atoms. The zero-order valence-electron chi connectivity index (χ0n) is 9.09. The highest BCUT2D eigenvalue weighted by molar-refractivity contribution is 14.1. The van der Waals surface area contributed by atoms with Gasteiger partial charge in [0.25, 0.3) is 0 Å². The Kier molecular flexibility index (Phi) is 3.90. The summed E-state index contributed by atoms with van der Waals surface area (Å²) in [5.74, 6) is 0.664. The maximum Gasteiger partial charge on any atom is 0.416 e. The second-order valence-electron chi connectivity index (χ2n) is 3.65. The first-order chi connectivity index (χ1) is 8.30. The number of benzene rings is 1. The molecule has 0 aliphatic heterocycles. The molecule has 0 amide bonds. The average molecular weight is 478 g/mol. The van der Waals surface area contributed by atoms with Gasteiger partial charge in [0.15, 0.2) is 0 Å². The van der Waals surface area contributed by atoms with Crippen molar-refractivity contribution in [3.05, 3.63) is 37.2 Å². The summed E-state index contributed by atoms with van der Waals surface area (Å²) < 4.78 is 41.0. The highest BCUT2D eigenvalue weighted by Gasteiger charge is 2.30. The van der Waals surface area contributed by atoms with Gasteiger partial charge in [0.05, 0.1) is 5.56 Å². The average Bonchev–Trinajstić information content (AvgIpc) is 2.56. The molecule has 0 aliphatic carbocycles. The van der Waals surface area contributed by atoms with Crippen LogP contribution in [0.3, 0.4) is 0 Å². The van der Waals surface area contributed by atoms with Gasteiger partial charge in [-0.05, 0) is 57.3 Å². The van der Waals surface area contributed by atoms with Crippen LogP contribution < -0.4 is 0 Å². The van der Waals surface area contributed by atoms with E-state index in [-0.39, 0.29) is 0 Å². The Balaban J connectivity index is 2.44. The third-order valence-corrected chi connectivity index (χ3v) is 5.48. The third-order valence-electron chi connectivity index (χ3n) is 2.46. The van der Waals surface area contributed by atoms with E-state index in [2.05, 4.69) is 50.2 Å². The Morgan fingerprint density at radius 3 is 2.06 bits per heavy atom. The van der Waals surface area contributed by atoms with Gasteiger partial charge in [-0.15, -0.1) is 0 Å². The smallest absolute Gasteiger partial charge is 0.322 e. The van der Waals surface area contributed by atoms with Crippen LogP contribution in [0.1, 0.15) is 5.56 Å². The largest absolute Gasteiger partial charge is 0.416 e. The molecule has 0 bridgehead atoms. The number of nitrogens with zero attached hydrogens (tertiary/aromatic N) is 2. The number of rotatable bonds is 1. The van der Waals surface area contributed by atoms with Crippen LogP contribution in [0.2, 0.25) is 0 Å². The summed E-state index contributed by atoms with van der Waals surface area (Å²) in [7, 11) is 1.84. The highest BCUT2D eigenvalue weighted by atomic mass is 127. The lowest BCUT2D eigenvalue weighted by Crippen LogP contribution is -2.04. The lowest BCUT2D eigenvalue weighted by molar-refractivity contribution is -0.137. The second-order valence-corrected chi connectivity index (χ2v) is 5.69. The zero-order chi connectivity index (χ0) is 13.5. The molecule has 7 heteroatoms. The highest BCUT2D eigenvalue weighted by Crippen LogP contribution is 2.31. The number of hydrogen-bond acceptors (Lipinski definition) is 1. The molecule has 0 spiro atoms. The number of alkyl halides is 3. The summed E-state index contributed by atoms with van der Waals surface area (Å²) in [6.07, 6.45) is -4.30. The summed E-state index contributed by atoms with van der Waals surface area (Å²) in [4.78, 5) is 4.33. The molecule has 0 radical (unpaired) electrons. The fraction of sp³-hybridized carbons (Fsp3) is 0.182. The van der Waals surface area contributed by atoms with E-state index in [1.165, 1.54) is 12.1 Å². The number of aromatic nitrogens is 2. The Hall–Kier alpha value is -0.320. The van der Waals surface area contributed by atoms with Crippen LogP contribution in [0.25, 0.3) is 11.4 Å². The van der Waals surface area contributed by atoms with E-state index in [4.69, 9.17) is 0 Å². The van der Waals surface area contributed by atoms with Crippen molar-refractivity contribution < 1.29 is 13.2 Å². The molecule has 2 aromatic rings. The first-order valence-corrected chi connectivity index (χ1v) is 7.02. The molecular formula is C11H7F3I2N2. The Labute approximate surface area is 129 Å². The van der Waals surface area contributed by atoms with Crippen LogP contribution >= 0.6 is 45.2 Å². The van der Waals surface area contributed by atoms with E-state index in [1.54, 1.807) is 0 Å². The third kappa shape index (κ3) is 2.65. The Bertz CT molecular complexity index is 573. The molecule has 1 aromatic carbocycles. The first kappa shape index (κ1) is 14.1. The van der Waals surface area contributed by atoms with Gasteiger partial charge in [-0.1, -0.05) is 12.1 Å². The molecule has 2 rings (SSSR count). The van der Waals surface area contributed by atoms with Gasteiger partial charge in [-0.3, -0.25) is 0 Å². The van der Waals surface area contributed by atoms with Crippen molar-refractivity contribution in [2.45, 2.75) is 6.18 Å². The van der Waals surface area contributed by atoms with Gasteiger partial charge in [0, 0.05) is 12.6 Å². The summed E-state index contributed by atoms with van der Waals surface area (Å²) in [6.45, 7) is 0. The van der Waals surface area contributed by atoms with E-state index < -0.39 is 11.7 Å². The van der Waals surface area contributed by atoms with Crippen LogP contribution in [-0.2, 0) is 13.2 Å². The lowest BCUT2D eigenvalue weighted by Gasteiger charge is -2.07. The minimum atomic E-state index is -4.30. The SMILES string of the molecule is Cn1c(-c2ccc(C(F)(F)F)cc2)nc(I)c1I. The molecule has 0 fully saturated rings. The second kappa shape index (κ2) is 4.99. The summed E-state index contributed by atoms with van der Waals surface area (Å²) in [5.41, 5.74) is 0.0242. The topological polar surface area (TPSA) is 17.8 Å². The molecule has 1 heterocycles. The van der Waals surface area contributed by atoms with Gasteiger partial charge in [-0.2, -0.15) is 13.2 Å². The summed E-state index contributed by atoms with van der Waals surface area (Å²) in [5, 5.41) is 0. The normalized spacial score (nSPS) is 11.9. The molecular weight excluding hydrogens is 471 g/mol. The van der Waals surface area contributed by atoms with Crippen LogP contribution in [-0.4, -0.2) is 9.55 Å². The van der Waals surface area contributed by atoms with Crippen LogP contribution in [0, 0.1) is 7.40 Å². The molecule has 1 aromatic heterocycles. The summed E-state index contributed by atoms with van der Waals surface area (Å²) >= 11 is 4.25. The standard InChI is InChI=1S/C11H7F3I2N2/c1-18-9(16)8(15)17-10(18)6-2-4-7(5-3-6)11(12,13)14/h2-5H,1H3. The number of imidazole rings is 1. The fourth-order valence-electron chi connectivity index (χ4n) is 1.51. The lowest BCUT2D eigenvalue weighted by atomic mass is 10.1. The molecule has 0 atom stereocenters. The van der Waals surface area contributed by atoms with Gasteiger partial charge in [0.1, 0.15) is 13.2 Å². The Morgan fingerprint density at radius 2 is 1.67 bits per heavy atom. The number of hydrogen-bond donors (Lipinski definition) is 0. The van der Waals surface area contributed by atoms with Gasteiger partial charge < -0.3 is 4.57 Å². The quantitative estimate of drug-likeness (QED) is 0.559.